The summed E-state index contributed by atoms with van der Waals surface area (Å²) >= 11 is 3.64. The zero-order valence-electron chi connectivity index (χ0n) is 14.7. The molecule has 0 fully saturated rings. The van der Waals surface area contributed by atoms with Crippen molar-refractivity contribution < 1.29 is 5.11 Å². The quantitative estimate of drug-likeness (QED) is 0.451. The fourth-order valence-electron chi connectivity index (χ4n) is 3.17. The molecule has 0 saturated heterocycles. The number of pyridine rings is 2. The van der Waals surface area contributed by atoms with Crippen molar-refractivity contribution in [3.05, 3.63) is 94.2 Å². The topological polar surface area (TPSA) is 58.0 Å². The highest BCUT2D eigenvalue weighted by Crippen LogP contribution is 2.38. The predicted molar refractivity (Wildman–Crippen MR) is 112 cm³/mol. The van der Waals surface area contributed by atoms with E-state index in [1.54, 1.807) is 12.4 Å². The third kappa shape index (κ3) is 3.51. The molecule has 5 heteroatoms. The van der Waals surface area contributed by atoms with Crippen LogP contribution in [-0.4, -0.2) is 15.1 Å². The smallest absolute Gasteiger partial charge is 0.147 e. The summed E-state index contributed by atoms with van der Waals surface area (Å²) in [5.41, 5.74) is 3.46. The van der Waals surface area contributed by atoms with E-state index in [0.29, 0.717) is 5.52 Å². The van der Waals surface area contributed by atoms with Crippen LogP contribution in [0, 0.1) is 6.92 Å². The molecule has 27 heavy (non-hydrogen) atoms. The van der Waals surface area contributed by atoms with Gasteiger partial charge in [0.15, 0.2) is 0 Å². The lowest BCUT2D eigenvalue weighted by atomic mass is 9.96. The Hall–Kier alpha value is -2.92. The van der Waals surface area contributed by atoms with Crippen LogP contribution in [-0.2, 0) is 0 Å². The van der Waals surface area contributed by atoms with Gasteiger partial charge in [0.25, 0.3) is 0 Å². The minimum absolute atomic E-state index is 0.175. The molecule has 0 spiro atoms. The van der Waals surface area contributed by atoms with Crippen LogP contribution in [0.5, 0.6) is 5.75 Å². The van der Waals surface area contributed by atoms with E-state index in [0.717, 1.165) is 32.4 Å². The van der Waals surface area contributed by atoms with E-state index >= 15 is 0 Å². The number of nitrogens with one attached hydrogen (secondary N) is 1. The molecule has 0 unspecified atom stereocenters. The van der Waals surface area contributed by atoms with E-state index in [4.69, 9.17) is 0 Å². The van der Waals surface area contributed by atoms with Gasteiger partial charge >= 0.3 is 0 Å². The Labute approximate surface area is 166 Å². The molecule has 2 aromatic heterocycles. The zero-order valence-corrected chi connectivity index (χ0v) is 16.3. The van der Waals surface area contributed by atoms with Gasteiger partial charge in [0.05, 0.1) is 6.04 Å². The van der Waals surface area contributed by atoms with Crippen molar-refractivity contribution in [3.8, 4) is 5.75 Å². The molecule has 4 aromatic rings. The Balaban J connectivity index is 1.88. The number of aromatic nitrogens is 2. The molecule has 2 heterocycles. The van der Waals surface area contributed by atoms with E-state index in [9.17, 15) is 5.11 Å². The second-order valence-corrected chi connectivity index (χ2v) is 7.25. The predicted octanol–water partition coefficient (Wildman–Crippen LogP) is 5.61. The number of hydrogen-bond donors (Lipinski definition) is 2. The van der Waals surface area contributed by atoms with E-state index in [1.807, 2.05) is 67.6 Å². The molecule has 4 nitrogen and oxygen atoms in total. The lowest BCUT2D eigenvalue weighted by Crippen LogP contribution is -2.14. The number of aromatic hydroxyl groups is 1. The summed E-state index contributed by atoms with van der Waals surface area (Å²) in [6.07, 6.45) is 3.46. The summed E-state index contributed by atoms with van der Waals surface area (Å²) in [5.74, 6) is 0.922. The maximum absolute atomic E-state index is 11.0. The largest absolute Gasteiger partial charge is 0.505 e. The first-order chi connectivity index (χ1) is 13.1. The van der Waals surface area contributed by atoms with E-state index < -0.39 is 0 Å². The van der Waals surface area contributed by atoms with Crippen LogP contribution >= 0.6 is 15.9 Å². The van der Waals surface area contributed by atoms with Crippen LogP contribution in [0.3, 0.4) is 0 Å². The summed E-state index contributed by atoms with van der Waals surface area (Å²) in [5, 5.41) is 15.3. The van der Waals surface area contributed by atoms with Crippen LogP contribution in [0.4, 0.5) is 5.82 Å². The average Bonchev–Trinajstić information content (AvgIpc) is 2.68. The SMILES string of the molecule is Cc1ccnc(N[C@H](c2ccccc2Br)c2ccc3cccnc3c2O)c1. The molecule has 0 radical (unpaired) electrons. The molecule has 0 aliphatic rings. The monoisotopic (exact) mass is 419 g/mol. The van der Waals surface area contributed by atoms with Gasteiger partial charge in [0, 0.05) is 27.8 Å². The van der Waals surface area contributed by atoms with Crippen LogP contribution in [0.2, 0.25) is 0 Å². The molecule has 0 aliphatic carbocycles. The highest BCUT2D eigenvalue weighted by molar-refractivity contribution is 9.10. The molecule has 1 atom stereocenters. The van der Waals surface area contributed by atoms with Crippen LogP contribution in [0.15, 0.2) is 77.5 Å². The Morgan fingerprint density at radius 3 is 2.59 bits per heavy atom. The minimum atomic E-state index is -0.290. The van der Waals surface area contributed by atoms with E-state index in [2.05, 4.69) is 31.2 Å². The third-order valence-electron chi connectivity index (χ3n) is 4.51. The number of benzene rings is 2. The lowest BCUT2D eigenvalue weighted by Gasteiger charge is -2.23. The van der Waals surface area contributed by atoms with Crippen molar-refractivity contribution >= 4 is 32.7 Å². The molecule has 134 valence electrons. The molecule has 0 saturated carbocycles. The summed E-state index contributed by atoms with van der Waals surface area (Å²) in [6.45, 7) is 2.03. The first kappa shape index (κ1) is 17.5. The Bertz CT molecular complexity index is 1110. The number of phenolic OH excluding ortho intramolecular Hbond substituents is 1. The zero-order chi connectivity index (χ0) is 18.8. The van der Waals surface area contributed by atoms with Crippen LogP contribution in [0.25, 0.3) is 10.9 Å². The van der Waals surface area contributed by atoms with E-state index in [-0.39, 0.29) is 11.8 Å². The van der Waals surface area contributed by atoms with Gasteiger partial charge in [-0.2, -0.15) is 0 Å². The van der Waals surface area contributed by atoms with Gasteiger partial charge in [-0.05, 0) is 42.3 Å². The van der Waals surface area contributed by atoms with Gasteiger partial charge in [0.2, 0.25) is 0 Å². The van der Waals surface area contributed by atoms with Crippen molar-refractivity contribution in [2.24, 2.45) is 0 Å². The van der Waals surface area contributed by atoms with Crippen molar-refractivity contribution in [2.45, 2.75) is 13.0 Å². The highest BCUT2D eigenvalue weighted by atomic mass is 79.9. The lowest BCUT2D eigenvalue weighted by molar-refractivity contribution is 0.471. The molecule has 2 aromatic carbocycles. The second-order valence-electron chi connectivity index (χ2n) is 6.40. The third-order valence-corrected chi connectivity index (χ3v) is 5.24. The standard InChI is InChI=1S/C22H18BrN3O/c1-14-10-12-24-19(13-14)26-21(16-6-2-3-7-18(16)23)17-9-8-15-5-4-11-25-20(15)22(17)27/h2-13,21,27H,1H3,(H,24,26)/t21-/m1/s1. The fraction of sp³-hybridized carbons (Fsp3) is 0.0909. The molecular formula is C22H18BrN3O. The maximum Gasteiger partial charge on any atom is 0.147 e. The van der Waals surface area contributed by atoms with Crippen molar-refractivity contribution in [2.75, 3.05) is 5.32 Å². The Morgan fingerprint density at radius 1 is 0.926 bits per heavy atom. The van der Waals surface area contributed by atoms with Crippen molar-refractivity contribution in [1.29, 1.82) is 0 Å². The number of fused-ring (bicyclic) bond motifs is 1. The minimum Gasteiger partial charge on any atom is -0.505 e. The normalized spacial score (nSPS) is 12.1. The summed E-state index contributed by atoms with van der Waals surface area (Å²) in [6, 6.07) is 19.3. The van der Waals surface area contributed by atoms with Gasteiger partial charge in [-0.3, -0.25) is 4.98 Å². The first-order valence-corrected chi connectivity index (χ1v) is 9.43. The van der Waals surface area contributed by atoms with Gasteiger partial charge < -0.3 is 10.4 Å². The van der Waals surface area contributed by atoms with Crippen molar-refractivity contribution in [1.82, 2.24) is 9.97 Å². The number of hydrogen-bond acceptors (Lipinski definition) is 4. The molecule has 0 bridgehead atoms. The van der Waals surface area contributed by atoms with Crippen molar-refractivity contribution in [3.63, 3.8) is 0 Å². The Morgan fingerprint density at radius 2 is 1.78 bits per heavy atom. The Kier molecular flexibility index (Phi) is 4.77. The van der Waals surface area contributed by atoms with Crippen LogP contribution < -0.4 is 5.32 Å². The first-order valence-electron chi connectivity index (χ1n) is 8.63. The van der Waals surface area contributed by atoms with Gasteiger partial charge in [-0.15, -0.1) is 0 Å². The number of rotatable bonds is 4. The number of nitrogens with zero attached hydrogens (tertiary/aromatic N) is 2. The summed E-state index contributed by atoms with van der Waals surface area (Å²) < 4.78 is 0.954. The number of phenols is 1. The average molecular weight is 420 g/mol. The second kappa shape index (κ2) is 7.37. The van der Waals surface area contributed by atoms with Gasteiger partial charge in [-0.1, -0.05) is 52.3 Å². The summed E-state index contributed by atoms with van der Waals surface area (Å²) in [7, 11) is 0. The van der Waals surface area contributed by atoms with E-state index in [1.165, 1.54) is 0 Å². The fourth-order valence-corrected chi connectivity index (χ4v) is 3.69. The molecule has 0 aliphatic heterocycles. The number of aryl methyl sites for hydroxylation is 1. The number of anilines is 1. The maximum atomic E-state index is 11.0. The van der Waals surface area contributed by atoms with Gasteiger partial charge in [-0.25, -0.2) is 4.98 Å². The molecule has 0 amide bonds. The van der Waals surface area contributed by atoms with Crippen LogP contribution in [0.1, 0.15) is 22.7 Å². The summed E-state index contributed by atoms with van der Waals surface area (Å²) in [4.78, 5) is 8.78. The molecule has 2 N–H and O–H groups in total. The number of halogens is 1. The van der Waals surface area contributed by atoms with Gasteiger partial charge in [0.1, 0.15) is 17.1 Å². The molecular weight excluding hydrogens is 402 g/mol. The molecule has 4 rings (SSSR count). The highest BCUT2D eigenvalue weighted by Gasteiger charge is 2.22.